The average molecular weight is 526 g/mol. The fourth-order valence-corrected chi connectivity index (χ4v) is 4.44. The summed E-state index contributed by atoms with van der Waals surface area (Å²) < 4.78 is 23.5. The van der Waals surface area contributed by atoms with E-state index in [9.17, 15) is 14.7 Å². The van der Waals surface area contributed by atoms with E-state index in [-0.39, 0.29) is 42.3 Å². The molecule has 9 nitrogen and oxygen atoms in total. The molecule has 2 aliphatic heterocycles. The summed E-state index contributed by atoms with van der Waals surface area (Å²) in [5.41, 5.74) is 0. The Bertz CT molecular complexity index is 752. The lowest BCUT2D eigenvalue weighted by Crippen LogP contribution is -2.55. The van der Waals surface area contributed by atoms with Crippen LogP contribution in [0.25, 0.3) is 0 Å². The summed E-state index contributed by atoms with van der Waals surface area (Å²) in [5, 5.41) is 10.9. The van der Waals surface area contributed by atoms with Gasteiger partial charge in [0.25, 0.3) is 0 Å². The molecule has 8 atom stereocenters. The van der Waals surface area contributed by atoms with Crippen molar-refractivity contribution in [3.63, 3.8) is 0 Å². The molecule has 2 aliphatic rings. The molecule has 0 aliphatic carbocycles. The minimum atomic E-state index is -0.830. The summed E-state index contributed by atoms with van der Waals surface area (Å²) in [7, 11) is 5.44. The molecule has 0 aromatic carbocycles. The molecule has 1 saturated heterocycles. The third-order valence-corrected chi connectivity index (χ3v) is 6.61. The van der Waals surface area contributed by atoms with Crippen LogP contribution in [0.4, 0.5) is 0 Å². The van der Waals surface area contributed by atoms with Crippen LogP contribution in [-0.2, 0) is 33.3 Å². The number of aldehydes is 1. The van der Waals surface area contributed by atoms with Crippen molar-refractivity contribution in [2.75, 3.05) is 21.2 Å². The van der Waals surface area contributed by atoms with Gasteiger partial charge in [0.15, 0.2) is 12.1 Å². The number of carbonyl (C=O) groups is 3. The Labute approximate surface area is 222 Å². The van der Waals surface area contributed by atoms with E-state index in [1.165, 1.54) is 6.92 Å². The van der Waals surface area contributed by atoms with Crippen LogP contribution in [0.3, 0.4) is 0 Å². The zero-order valence-corrected chi connectivity index (χ0v) is 23.5. The molecule has 0 spiro atoms. The SMILES string of the molecule is CC=O.COC1CCC(=O)O[C@H](C)C/C=C/C=C/C(=O)C(C)CC[C@@H]1OC1OC(C)CC(N(C)C)C1O. The summed E-state index contributed by atoms with van der Waals surface area (Å²) >= 11 is 0. The van der Waals surface area contributed by atoms with Crippen LogP contribution in [0, 0.1) is 5.92 Å². The highest BCUT2D eigenvalue weighted by Gasteiger charge is 2.40. The zero-order chi connectivity index (χ0) is 28.0. The second-order valence-corrected chi connectivity index (χ2v) is 10.00. The van der Waals surface area contributed by atoms with Gasteiger partial charge >= 0.3 is 5.97 Å². The number of aliphatic hydroxyl groups excluding tert-OH is 1. The summed E-state index contributed by atoms with van der Waals surface area (Å²) in [4.78, 5) is 35.7. The van der Waals surface area contributed by atoms with E-state index in [0.717, 1.165) is 6.29 Å². The molecule has 0 saturated carbocycles. The predicted molar refractivity (Wildman–Crippen MR) is 141 cm³/mol. The molecule has 0 aromatic heterocycles. The van der Waals surface area contributed by atoms with Gasteiger partial charge in [-0.15, -0.1) is 0 Å². The van der Waals surface area contributed by atoms with Crippen molar-refractivity contribution in [3.05, 3.63) is 24.3 Å². The minimum absolute atomic E-state index is 0.0409. The van der Waals surface area contributed by atoms with Crippen LogP contribution in [-0.4, -0.2) is 92.1 Å². The molecular formula is C28H47NO8. The van der Waals surface area contributed by atoms with Gasteiger partial charge in [-0.25, -0.2) is 0 Å². The topological polar surface area (TPSA) is 112 Å². The Kier molecular flexibility index (Phi) is 15.7. The van der Waals surface area contributed by atoms with E-state index in [1.54, 1.807) is 25.3 Å². The molecule has 0 radical (unpaired) electrons. The number of likely N-dealkylation sites (N-methyl/N-ethyl adjacent to an activating group) is 1. The van der Waals surface area contributed by atoms with Gasteiger partial charge < -0.3 is 33.7 Å². The van der Waals surface area contributed by atoms with E-state index in [0.29, 0.717) is 32.1 Å². The molecular weight excluding hydrogens is 478 g/mol. The lowest BCUT2D eigenvalue weighted by molar-refractivity contribution is -0.279. The normalized spacial score (nSPS) is 36.1. The third kappa shape index (κ3) is 12.0. The quantitative estimate of drug-likeness (QED) is 0.437. The number of cyclic esters (lactones) is 1. The number of aliphatic hydroxyl groups is 1. The number of methoxy groups -OCH3 is 1. The van der Waals surface area contributed by atoms with E-state index in [1.807, 2.05) is 45.8 Å². The van der Waals surface area contributed by atoms with Gasteiger partial charge in [-0.05, 0) is 66.6 Å². The smallest absolute Gasteiger partial charge is 0.306 e. The van der Waals surface area contributed by atoms with Crippen molar-refractivity contribution in [2.45, 2.75) is 109 Å². The number of nitrogens with zero attached hydrogens (tertiary/aromatic N) is 1. The Morgan fingerprint density at radius 3 is 2.35 bits per heavy atom. The highest BCUT2D eigenvalue weighted by atomic mass is 16.7. The maximum Gasteiger partial charge on any atom is 0.306 e. The third-order valence-electron chi connectivity index (χ3n) is 6.61. The molecule has 1 N–H and O–H groups in total. The number of rotatable bonds is 4. The van der Waals surface area contributed by atoms with Crippen LogP contribution < -0.4 is 0 Å². The van der Waals surface area contributed by atoms with Gasteiger partial charge in [0.2, 0.25) is 0 Å². The van der Waals surface area contributed by atoms with Crippen molar-refractivity contribution in [1.82, 2.24) is 4.90 Å². The standard InChI is InChI=1S/C26H43NO7.C2H4O/c1-17-12-13-23(34-26-25(30)20(27(4)5)16-19(3)33-26)22(31-6)14-15-24(29)32-18(2)10-8-7-9-11-21(17)28;1-2-3/h7-9,11,17-20,22-23,25-26,30H,10,12-16H2,1-6H3;2H,1H3/b8-7+,11-9+;/t17?,18-,19?,20?,22?,23+,25?,26?;/m1./s1. The second-order valence-electron chi connectivity index (χ2n) is 10.00. The van der Waals surface area contributed by atoms with Gasteiger partial charge in [-0.3, -0.25) is 9.59 Å². The summed E-state index contributed by atoms with van der Waals surface area (Å²) in [6, 6.07) is -0.101. The number of ketones is 1. The molecule has 37 heavy (non-hydrogen) atoms. The van der Waals surface area contributed by atoms with E-state index in [2.05, 4.69) is 0 Å². The first-order chi connectivity index (χ1) is 17.5. The van der Waals surface area contributed by atoms with Gasteiger partial charge in [0.05, 0.1) is 18.3 Å². The first-order valence-electron chi connectivity index (χ1n) is 13.2. The number of hydrogen-bond donors (Lipinski definition) is 1. The zero-order valence-electron chi connectivity index (χ0n) is 23.5. The average Bonchev–Trinajstić information content (AvgIpc) is 2.83. The fraction of sp³-hybridized carbons (Fsp3) is 0.750. The maximum absolute atomic E-state index is 12.5. The van der Waals surface area contributed by atoms with Gasteiger partial charge in [0, 0.05) is 31.9 Å². The second kappa shape index (κ2) is 17.6. The van der Waals surface area contributed by atoms with Crippen LogP contribution in [0.2, 0.25) is 0 Å². The first-order valence-corrected chi connectivity index (χ1v) is 13.2. The van der Waals surface area contributed by atoms with E-state index in [4.69, 9.17) is 23.7 Å². The van der Waals surface area contributed by atoms with Crippen LogP contribution >= 0.6 is 0 Å². The number of hydrogen-bond acceptors (Lipinski definition) is 9. The summed E-state index contributed by atoms with van der Waals surface area (Å²) in [5.74, 6) is -0.446. The van der Waals surface area contributed by atoms with Gasteiger partial charge in [-0.1, -0.05) is 25.2 Å². The summed E-state index contributed by atoms with van der Waals surface area (Å²) in [6.07, 6.45) is 7.82. The lowest BCUT2D eigenvalue weighted by atomic mass is 9.94. The fourth-order valence-electron chi connectivity index (χ4n) is 4.44. The van der Waals surface area contributed by atoms with Crippen molar-refractivity contribution in [3.8, 4) is 0 Å². The van der Waals surface area contributed by atoms with E-state index >= 15 is 0 Å². The monoisotopic (exact) mass is 525 g/mol. The van der Waals surface area contributed by atoms with Crippen molar-refractivity contribution >= 4 is 18.0 Å². The van der Waals surface area contributed by atoms with Crippen LogP contribution in [0.5, 0.6) is 0 Å². The van der Waals surface area contributed by atoms with E-state index < -0.39 is 24.6 Å². The highest BCUT2D eigenvalue weighted by Crippen LogP contribution is 2.28. The molecule has 2 heterocycles. The Morgan fingerprint density at radius 1 is 1.05 bits per heavy atom. The van der Waals surface area contributed by atoms with Crippen molar-refractivity contribution in [1.29, 1.82) is 0 Å². The Morgan fingerprint density at radius 2 is 1.73 bits per heavy atom. The Hall–Kier alpha value is -1.91. The number of ether oxygens (including phenoxy) is 4. The van der Waals surface area contributed by atoms with Crippen LogP contribution in [0.1, 0.15) is 66.2 Å². The molecule has 6 unspecified atom stereocenters. The predicted octanol–water partition coefficient (Wildman–Crippen LogP) is 3.23. The molecule has 2 rings (SSSR count). The van der Waals surface area contributed by atoms with Crippen LogP contribution in [0.15, 0.2) is 24.3 Å². The lowest BCUT2D eigenvalue weighted by Gasteiger charge is -2.42. The maximum atomic E-state index is 12.5. The Balaban J connectivity index is 0.00000217. The van der Waals surface area contributed by atoms with Crippen molar-refractivity contribution in [2.24, 2.45) is 5.92 Å². The van der Waals surface area contributed by atoms with Crippen molar-refractivity contribution < 1.29 is 38.4 Å². The molecule has 9 heteroatoms. The number of esters is 1. The molecule has 1 fully saturated rings. The molecule has 0 bridgehead atoms. The van der Waals surface area contributed by atoms with Gasteiger partial charge in [0.1, 0.15) is 18.5 Å². The summed E-state index contributed by atoms with van der Waals surface area (Å²) in [6.45, 7) is 7.14. The number of allylic oxidation sites excluding steroid dienone is 3. The first kappa shape index (κ1) is 33.1. The number of carbonyl (C=O) groups excluding carboxylic acids is 3. The van der Waals surface area contributed by atoms with Gasteiger partial charge in [-0.2, -0.15) is 0 Å². The molecule has 212 valence electrons. The molecule has 0 aromatic rings. The highest BCUT2D eigenvalue weighted by molar-refractivity contribution is 5.91. The minimum Gasteiger partial charge on any atom is -0.462 e. The molecule has 0 amide bonds. The largest absolute Gasteiger partial charge is 0.462 e.